The highest BCUT2D eigenvalue weighted by atomic mass is 35.5. The summed E-state index contributed by atoms with van der Waals surface area (Å²) < 4.78 is 1.48. The summed E-state index contributed by atoms with van der Waals surface area (Å²) in [5.74, 6) is -0.203. The van der Waals surface area contributed by atoms with Crippen LogP contribution in [0.3, 0.4) is 0 Å². The Labute approximate surface area is 138 Å². The number of nitrogens with zero attached hydrogens (tertiary/aromatic N) is 3. The van der Waals surface area contributed by atoms with Crippen molar-refractivity contribution in [1.82, 2.24) is 9.78 Å². The van der Waals surface area contributed by atoms with Crippen molar-refractivity contribution in [2.24, 2.45) is 0 Å². The molecule has 1 amide bonds. The number of hydrogen-bond donors (Lipinski definition) is 1. The third-order valence-electron chi connectivity index (χ3n) is 3.62. The molecule has 2 rings (SSSR count). The molecule has 1 aromatic carbocycles. The van der Waals surface area contributed by atoms with Crippen LogP contribution in [-0.2, 0) is 11.3 Å². The smallest absolute Gasteiger partial charge is 0.312 e. The summed E-state index contributed by atoms with van der Waals surface area (Å²) in [5, 5.41) is 18.4. The van der Waals surface area contributed by atoms with Gasteiger partial charge in [0.2, 0.25) is 5.91 Å². The van der Waals surface area contributed by atoms with E-state index in [9.17, 15) is 14.9 Å². The first-order valence-corrected chi connectivity index (χ1v) is 7.42. The van der Waals surface area contributed by atoms with Crippen LogP contribution in [0.25, 0.3) is 0 Å². The molecule has 1 aromatic heterocycles. The molecular weight excluding hydrogens is 320 g/mol. The maximum atomic E-state index is 12.1. The Balaban J connectivity index is 2.04. The summed E-state index contributed by atoms with van der Waals surface area (Å²) in [6.45, 7) is 5.29. The van der Waals surface area contributed by atoms with Crippen molar-refractivity contribution in [3.05, 3.63) is 50.3 Å². The average Bonchev–Trinajstić information content (AvgIpc) is 2.76. The van der Waals surface area contributed by atoms with Gasteiger partial charge in [-0.2, -0.15) is 5.10 Å². The highest BCUT2D eigenvalue weighted by Gasteiger charge is 2.21. The van der Waals surface area contributed by atoms with Crippen LogP contribution >= 0.6 is 11.6 Å². The van der Waals surface area contributed by atoms with Crippen molar-refractivity contribution in [1.29, 1.82) is 0 Å². The number of carbonyl (C=O) groups is 1. The molecule has 0 aliphatic heterocycles. The molecule has 1 N–H and O–H groups in total. The minimum Gasteiger partial charge on any atom is -0.326 e. The number of anilines is 1. The van der Waals surface area contributed by atoms with E-state index in [0.29, 0.717) is 22.1 Å². The van der Waals surface area contributed by atoms with E-state index >= 15 is 0 Å². The number of benzene rings is 1. The summed E-state index contributed by atoms with van der Waals surface area (Å²) in [6.07, 6.45) is 0.158. The minimum absolute atomic E-state index is 0.00362. The van der Waals surface area contributed by atoms with E-state index in [1.54, 1.807) is 32.0 Å². The zero-order valence-electron chi connectivity index (χ0n) is 13.1. The number of carbonyl (C=O) groups excluding carboxylic acids is 1. The van der Waals surface area contributed by atoms with Crippen molar-refractivity contribution in [3.8, 4) is 0 Å². The minimum atomic E-state index is -0.455. The summed E-state index contributed by atoms with van der Waals surface area (Å²) in [6, 6.07) is 5.28. The molecule has 122 valence electrons. The predicted octanol–water partition coefficient (Wildman–Crippen LogP) is 3.40. The monoisotopic (exact) mass is 336 g/mol. The van der Waals surface area contributed by atoms with Crippen LogP contribution in [-0.4, -0.2) is 20.6 Å². The largest absolute Gasteiger partial charge is 0.326 e. The molecule has 0 aliphatic carbocycles. The molecule has 0 radical (unpaired) electrons. The van der Waals surface area contributed by atoms with Gasteiger partial charge in [0.05, 0.1) is 11.5 Å². The predicted molar refractivity (Wildman–Crippen MR) is 87.8 cm³/mol. The van der Waals surface area contributed by atoms with Crippen LogP contribution in [0.5, 0.6) is 0 Å². The fraction of sp³-hybridized carbons (Fsp3) is 0.333. The van der Waals surface area contributed by atoms with E-state index in [1.165, 1.54) is 4.68 Å². The van der Waals surface area contributed by atoms with Gasteiger partial charge in [0.15, 0.2) is 0 Å². The SMILES string of the molecule is Cc1nn(CCC(=O)Nc2cccc(Cl)c2C)c(C)c1[N+](=O)[O-]. The Bertz CT molecular complexity index is 770. The molecule has 1 heterocycles. The van der Waals surface area contributed by atoms with E-state index in [1.807, 2.05) is 6.92 Å². The van der Waals surface area contributed by atoms with Crippen LogP contribution in [0.1, 0.15) is 23.4 Å². The second-order valence-electron chi connectivity index (χ2n) is 5.21. The Morgan fingerprint density at radius 2 is 2.09 bits per heavy atom. The molecular formula is C15H17ClN4O3. The summed E-state index contributed by atoms with van der Waals surface area (Å²) >= 11 is 6.01. The van der Waals surface area contributed by atoms with Crippen molar-refractivity contribution in [3.63, 3.8) is 0 Å². The molecule has 0 aliphatic rings. The van der Waals surface area contributed by atoms with Gasteiger partial charge in [-0.05, 0) is 38.5 Å². The molecule has 0 atom stereocenters. The van der Waals surface area contributed by atoms with Crippen molar-refractivity contribution >= 4 is 28.9 Å². The lowest BCUT2D eigenvalue weighted by Gasteiger charge is -2.09. The molecule has 7 nitrogen and oxygen atoms in total. The number of nitrogens with one attached hydrogen (secondary N) is 1. The number of aryl methyl sites for hydroxylation is 2. The number of amides is 1. The maximum absolute atomic E-state index is 12.1. The molecule has 8 heteroatoms. The van der Waals surface area contributed by atoms with E-state index in [4.69, 9.17) is 11.6 Å². The quantitative estimate of drug-likeness (QED) is 0.669. The van der Waals surface area contributed by atoms with Crippen molar-refractivity contribution in [2.45, 2.75) is 33.7 Å². The van der Waals surface area contributed by atoms with Gasteiger partial charge in [-0.15, -0.1) is 0 Å². The van der Waals surface area contributed by atoms with E-state index < -0.39 is 4.92 Å². The number of halogens is 1. The lowest BCUT2D eigenvalue weighted by atomic mass is 10.2. The molecule has 0 unspecified atom stereocenters. The van der Waals surface area contributed by atoms with Gasteiger partial charge >= 0.3 is 5.69 Å². The number of nitro groups is 1. The molecule has 0 saturated carbocycles. The molecule has 2 aromatic rings. The van der Waals surface area contributed by atoms with Crippen LogP contribution in [0.2, 0.25) is 5.02 Å². The standard InChI is InChI=1S/C15H17ClN4O3/c1-9-12(16)5-4-6-13(9)17-14(21)7-8-19-11(3)15(20(22)23)10(2)18-19/h4-6H,7-8H2,1-3H3,(H,17,21). The van der Waals surface area contributed by atoms with Gasteiger partial charge in [-0.1, -0.05) is 17.7 Å². The first-order chi connectivity index (χ1) is 10.8. The second kappa shape index (κ2) is 6.78. The van der Waals surface area contributed by atoms with Crippen molar-refractivity contribution in [2.75, 3.05) is 5.32 Å². The van der Waals surface area contributed by atoms with Gasteiger partial charge in [0, 0.05) is 17.1 Å². The first kappa shape index (κ1) is 17.0. The van der Waals surface area contributed by atoms with Gasteiger partial charge in [-0.3, -0.25) is 19.6 Å². The van der Waals surface area contributed by atoms with Crippen LogP contribution in [0, 0.1) is 30.9 Å². The third-order valence-corrected chi connectivity index (χ3v) is 4.03. The van der Waals surface area contributed by atoms with Crippen LogP contribution in [0.4, 0.5) is 11.4 Å². The highest BCUT2D eigenvalue weighted by molar-refractivity contribution is 6.31. The third kappa shape index (κ3) is 3.68. The van der Waals surface area contributed by atoms with E-state index in [0.717, 1.165) is 5.56 Å². The number of aromatic nitrogens is 2. The fourth-order valence-electron chi connectivity index (χ4n) is 2.33. The molecule has 23 heavy (non-hydrogen) atoms. The van der Waals surface area contributed by atoms with Gasteiger partial charge < -0.3 is 5.32 Å². The zero-order valence-corrected chi connectivity index (χ0v) is 13.8. The second-order valence-corrected chi connectivity index (χ2v) is 5.62. The Morgan fingerprint density at radius 3 is 2.70 bits per heavy atom. The normalized spacial score (nSPS) is 10.6. The lowest BCUT2D eigenvalue weighted by Crippen LogP contribution is -2.16. The molecule has 0 saturated heterocycles. The summed E-state index contributed by atoms with van der Waals surface area (Å²) in [5.41, 5.74) is 2.24. The van der Waals surface area contributed by atoms with Gasteiger partial charge in [-0.25, -0.2) is 0 Å². The first-order valence-electron chi connectivity index (χ1n) is 7.04. The average molecular weight is 337 g/mol. The maximum Gasteiger partial charge on any atom is 0.312 e. The Kier molecular flexibility index (Phi) is 5.00. The zero-order chi connectivity index (χ0) is 17.1. The number of rotatable bonds is 5. The van der Waals surface area contributed by atoms with Crippen LogP contribution < -0.4 is 5.32 Å². The summed E-state index contributed by atoms with van der Waals surface area (Å²) in [7, 11) is 0. The molecule has 0 fully saturated rings. The van der Waals surface area contributed by atoms with E-state index in [-0.39, 0.29) is 24.6 Å². The van der Waals surface area contributed by atoms with E-state index in [2.05, 4.69) is 10.4 Å². The van der Waals surface area contributed by atoms with Crippen LogP contribution in [0.15, 0.2) is 18.2 Å². The van der Waals surface area contributed by atoms with Gasteiger partial charge in [0.25, 0.3) is 0 Å². The number of hydrogen-bond acceptors (Lipinski definition) is 4. The topological polar surface area (TPSA) is 90.1 Å². The molecule has 0 spiro atoms. The fourth-order valence-corrected chi connectivity index (χ4v) is 2.51. The Morgan fingerprint density at radius 1 is 1.39 bits per heavy atom. The highest BCUT2D eigenvalue weighted by Crippen LogP contribution is 2.24. The lowest BCUT2D eigenvalue weighted by molar-refractivity contribution is -0.386. The van der Waals surface area contributed by atoms with Crippen molar-refractivity contribution < 1.29 is 9.72 Å². The van der Waals surface area contributed by atoms with Gasteiger partial charge in [0.1, 0.15) is 11.4 Å². The Hall–Kier alpha value is -2.41. The molecule has 0 bridgehead atoms. The summed E-state index contributed by atoms with van der Waals surface area (Å²) in [4.78, 5) is 22.6.